The van der Waals surface area contributed by atoms with Crippen LogP contribution < -0.4 is 4.74 Å². The Morgan fingerprint density at radius 1 is 1.25 bits per heavy atom. The standard InChI is InChI=1S/C13H13BrN2O3S/c1-3-12-15-11(14)8-13(16-12)19-9-5-4-6-10(7-9)20(2,17)18/h4-8H,3H2,1-2H3. The largest absolute Gasteiger partial charge is 0.439 e. The predicted octanol–water partition coefficient (Wildman–Crippen LogP) is 3.00. The van der Waals surface area contributed by atoms with E-state index in [0.717, 1.165) is 6.26 Å². The number of hydrogen-bond acceptors (Lipinski definition) is 5. The second kappa shape index (κ2) is 5.88. The predicted molar refractivity (Wildman–Crippen MR) is 78.7 cm³/mol. The van der Waals surface area contributed by atoms with Crippen LogP contribution in [-0.2, 0) is 16.3 Å². The molecule has 106 valence electrons. The van der Waals surface area contributed by atoms with Crippen molar-refractivity contribution in [2.45, 2.75) is 18.2 Å². The molecule has 5 nitrogen and oxygen atoms in total. The molecular weight excluding hydrogens is 344 g/mol. The summed E-state index contributed by atoms with van der Waals surface area (Å²) in [6.45, 7) is 1.94. The smallest absolute Gasteiger partial charge is 0.223 e. The lowest BCUT2D eigenvalue weighted by Crippen LogP contribution is -1.99. The lowest BCUT2D eigenvalue weighted by molar-refractivity contribution is 0.456. The van der Waals surface area contributed by atoms with E-state index in [4.69, 9.17) is 4.74 Å². The van der Waals surface area contributed by atoms with Crippen molar-refractivity contribution in [1.82, 2.24) is 9.97 Å². The van der Waals surface area contributed by atoms with Crippen LogP contribution in [0, 0.1) is 0 Å². The zero-order valence-corrected chi connectivity index (χ0v) is 13.4. The first kappa shape index (κ1) is 14.9. The van der Waals surface area contributed by atoms with Gasteiger partial charge in [0.2, 0.25) is 5.88 Å². The number of aryl methyl sites for hydroxylation is 1. The van der Waals surface area contributed by atoms with Crippen molar-refractivity contribution in [3.63, 3.8) is 0 Å². The van der Waals surface area contributed by atoms with Crippen LogP contribution in [-0.4, -0.2) is 24.6 Å². The Balaban J connectivity index is 2.33. The van der Waals surface area contributed by atoms with Gasteiger partial charge in [-0.25, -0.2) is 13.4 Å². The molecule has 0 unspecified atom stereocenters. The third-order valence-electron chi connectivity index (χ3n) is 2.49. The first-order valence-corrected chi connectivity index (χ1v) is 8.58. The fourth-order valence-corrected chi connectivity index (χ4v) is 2.60. The molecule has 1 heterocycles. The van der Waals surface area contributed by atoms with Crippen molar-refractivity contribution < 1.29 is 13.2 Å². The Morgan fingerprint density at radius 2 is 2.00 bits per heavy atom. The van der Waals surface area contributed by atoms with Crippen molar-refractivity contribution in [2.75, 3.05) is 6.26 Å². The first-order valence-electron chi connectivity index (χ1n) is 5.90. The summed E-state index contributed by atoms with van der Waals surface area (Å²) in [5.74, 6) is 1.43. The van der Waals surface area contributed by atoms with E-state index in [0.29, 0.717) is 28.5 Å². The third-order valence-corrected chi connectivity index (χ3v) is 4.01. The van der Waals surface area contributed by atoms with Crippen LogP contribution in [0.5, 0.6) is 11.6 Å². The van der Waals surface area contributed by atoms with Crippen LogP contribution in [0.1, 0.15) is 12.7 Å². The van der Waals surface area contributed by atoms with Gasteiger partial charge in [-0.2, -0.15) is 4.98 Å². The Hall–Kier alpha value is -1.47. The van der Waals surface area contributed by atoms with Crippen molar-refractivity contribution in [2.24, 2.45) is 0 Å². The number of benzene rings is 1. The number of halogens is 1. The Labute approximate surface area is 126 Å². The van der Waals surface area contributed by atoms with Crippen molar-refractivity contribution in [3.8, 4) is 11.6 Å². The number of nitrogens with zero attached hydrogens (tertiary/aromatic N) is 2. The minimum atomic E-state index is -3.26. The van der Waals surface area contributed by atoms with Gasteiger partial charge in [-0.15, -0.1) is 0 Å². The molecule has 2 aromatic rings. The molecule has 0 aliphatic heterocycles. The number of sulfone groups is 1. The summed E-state index contributed by atoms with van der Waals surface area (Å²) in [6.07, 6.45) is 1.84. The summed E-state index contributed by atoms with van der Waals surface area (Å²) < 4.78 is 29.2. The van der Waals surface area contributed by atoms with Crippen molar-refractivity contribution >= 4 is 25.8 Å². The summed E-state index contributed by atoms with van der Waals surface area (Å²) in [4.78, 5) is 8.61. The molecule has 7 heteroatoms. The molecule has 0 bridgehead atoms. The van der Waals surface area contributed by atoms with Crippen LogP contribution in [0.25, 0.3) is 0 Å². The third kappa shape index (κ3) is 3.77. The monoisotopic (exact) mass is 356 g/mol. The maximum absolute atomic E-state index is 11.5. The fourth-order valence-electron chi connectivity index (χ4n) is 1.54. The van der Waals surface area contributed by atoms with E-state index >= 15 is 0 Å². The molecular formula is C13H13BrN2O3S. The van der Waals surface area contributed by atoms with Gasteiger partial charge in [-0.3, -0.25) is 0 Å². The lowest BCUT2D eigenvalue weighted by atomic mass is 10.3. The van der Waals surface area contributed by atoms with E-state index in [2.05, 4.69) is 25.9 Å². The molecule has 0 spiro atoms. The number of hydrogen-bond donors (Lipinski definition) is 0. The highest BCUT2D eigenvalue weighted by Crippen LogP contribution is 2.24. The molecule has 0 N–H and O–H groups in total. The molecule has 0 amide bonds. The molecule has 1 aromatic heterocycles. The Bertz CT molecular complexity index is 732. The van der Waals surface area contributed by atoms with Crippen LogP contribution in [0.2, 0.25) is 0 Å². The highest BCUT2D eigenvalue weighted by molar-refractivity contribution is 9.10. The number of rotatable bonds is 4. The zero-order chi connectivity index (χ0) is 14.8. The maximum atomic E-state index is 11.5. The van der Waals surface area contributed by atoms with Crippen LogP contribution in [0.3, 0.4) is 0 Å². The summed E-state index contributed by atoms with van der Waals surface area (Å²) in [5.41, 5.74) is 0. The van der Waals surface area contributed by atoms with E-state index in [1.807, 2.05) is 6.92 Å². The second-order valence-electron chi connectivity index (χ2n) is 4.15. The van der Waals surface area contributed by atoms with Crippen molar-refractivity contribution in [3.05, 3.63) is 40.8 Å². The molecule has 1 aromatic carbocycles. The average molecular weight is 357 g/mol. The number of ether oxygens (including phenoxy) is 1. The van der Waals surface area contributed by atoms with E-state index in [1.165, 1.54) is 12.1 Å². The van der Waals surface area contributed by atoms with Gasteiger partial charge in [-0.05, 0) is 34.1 Å². The highest BCUT2D eigenvalue weighted by atomic mass is 79.9. The molecule has 0 saturated carbocycles. The quantitative estimate of drug-likeness (QED) is 0.787. The normalized spacial score (nSPS) is 11.3. The van der Waals surface area contributed by atoms with Gasteiger partial charge in [0.1, 0.15) is 16.2 Å². The topological polar surface area (TPSA) is 69.2 Å². The number of aromatic nitrogens is 2. The molecule has 0 fully saturated rings. The van der Waals surface area contributed by atoms with Gasteiger partial charge < -0.3 is 4.74 Å². The van der Waals surface area contributed by atoms with Gasteiger partial charge in [0.25, 0.3) is 0 Å². The van der Waals surface area contributed by atoms with Crippen LogP contribution in [0.15, 0.2) is 39.8 Å². The molecule has 0 aliphatic rings. The van der Waals surface area contributed by atoms with Gasteiger partial charge >= 0.3 is 0 Å². The average Bonchev–Trinajstić information content (AvgIpc) is 2.37. The Morgan fingerprint density at radius 3 is 2.65 bits per heavy atom. The van der Waals surface area contributed by atoms with Crippen LogP contribution in [0.4, 0.5) is 0 Å². The molecule has 2 rings (SSSR count). The first-order chi connectivity index (χ1) is 9.38. The van der Waals surface area contributed by atoms with Crippen LogP contribution >= 0.6 is 15.9 Å². The molecule has 0 radical (unpaired) electrons. The van der Waals surface area contributed by atoms with E-state index in [1.54, 1.807) is 18.2 Å². The molecule has 0 aliphatic carbocycles. The minimum absolute atomic E-state index is 0.207. The van der Waals surface area contributed by atoms with E-state index in [9.17, 15) is 8.42 Å². The summed E-state index contributed by atoms with van der Waals surface area (Å²) in [7, 11) is -3.26. The minimum Gasteiger partial charge on any atom is -0.439 e. The van der Waals surface area contributed by atoms with Gasteiger partial charge in [0.05, 0.1) is 4.90 Å². The fraction of sp³-hybridized carbons (Fsp3) is 0.231. The maximum Gasteiger partial charge on any atom is 0.223 e. The van der Waals surface area contributed by atoms with Gasteiger partial charge in [0, 0.05) is 18.7 Å². The zero-order valence-electron chi connectivity index (χ0n) is 11.0. The Kier molecular flexibility index (Phi) is 4.39. The van der Waals surface area contributed by atoms with E-state index < -0.39 is 9.84 Å². The lowest BCUT2D eigenvalue weighted by Gasteiger charge is -2.07. The van der Waals surface area contributed by atoms with Gasteiger partial charge in [0.15, 0.2) is 9.84 Å². The highest BCUT2D eigenvalue weighted by Gasteiger charge is 2.09. The molecule has 0 saturated heterocycles. The summed E-state index contributed by atoms with van der Waals surface area (Å²) >= 11 is 3.29. The molecule has 0 atom stereocenters. The second-order valence-corrected chi connectivity index (χ2v) is 6.98. The molecule has 20 heavy (non-hydrogen) atoms. The van der Waals surface area contributed by atoms with Crippen molar-refractivity contribution in [1.29, 1.82) is 0 Å². The SMILES string of the molecule is CCc1nc(Br)cc(Oc2cccc(S(C)(=O)=O)c2)n1. The van der Waals surface area contributed by atoms with E-state index in [-0.39, 0.29) is 4.90 Å². The summed E-state index contributed by atoms with van der Waals surface area (Å²) in [5, 5.41) is 0. The van der Waals surface area contributed by atoms with Gasteiger partial charge in [-0.1, -0.05) is 13.0 Å². The summed E-state index contributed by atoms with van der Waals surface area (Å²) in [6, 6.07) is 7.93.